The Morgan fingerprint density at radius 2 is 1.43 bits per heavy atom. The van der Waals surface area contributed by atoms with Crippen LogP contribution in [-0.2, 0) is 14.4 Å². The van der Waals surface area contributed by atoms with Crippen LogP contribution in [0.2, 0.25) is 0 Å². The first-order valence-corrected chi connectivity index (χ1v) is 7.63. The van der Waals surface area contributed by atoms with E-state index in [1.54, 1.807) is 6.92 Å². The molecule has 0 aliphatic rings. The zero-order chi connectivity index (χ0) is 16.6. The fraction of sp³-hybridized carbons (Fsp3) is 0.706. The van der Waals surface area contributed by atoms with Gasteiger partial charge < -0.3 is 14.9 Å². The van der Waals surface area contributed by atoms with Gasteiger partial charge in [0, 0.05) is 18.8 Å². The van der Waals surface area contributed by atoms with Crippen molar-refractivity contribution in [3.8, 4) is 0 Å². The number of hydrogen-bond acceptors (Lipinski definition) is 3. The molecule has 0 rings (SSSR count). The van der Waals surface area contributed by atoms with Gasteiger partial charge in [0.25, 0.3) is 0 Å². The van der Waals surface area contributed by atoms with Crippen molar-refractivity contribution in [2.75, 3.05) is 0 Å². The third kappa shape index (κ3) is 8.43. The molecule has 1 amide bonds. The van der Waals surface area contributed by atoms with Gasteiger partial charge in [-0.1, -0.05) is 32.9 Å². The van der Waals surface area contributed by atoms with E-state index in [2.05, 4.69) is 11.9 Å². The molecule has 2 unspecified atom stereocenters. The standard InChI is InChI=1S/C17H29NO3/c1-11(2)15(6)16(10-9-14(5)20)18-17(21)12(3)7-8-13(4)19/h11-12,16H,6-10H2,1-5H3,(H,18,21). The van der Waals surface area contributed by atoms with Gasteiger partial charge in [0.1, 0.15) is 11.6 Å². The van der Waals surface area contributed by atoms with Gasteiger partial charge in [0.15, 0.2) is 0 Å². The van der Waals surface area contributed by atoms with Gasteiger partial charge in [-0.25, -0.2) is 0 Å². The van der Waals surface area contributed by atoms with Crippen LogP contribution in [0.5, 0.6) is 0 Å². The van der Waals surface area contributed by atoms with E-state index >= 15 is 0 Å². The summed E-state index contributed by atoms with van der Waals surface area (Å²) < 4.78 is 0. The number of rotatable bonds is 10. The second-order valence-electron chi connectivity index (χ2n) is 6.17. The Morgan fingerprint density at radius 1 is 0.952 bits per heavy atom. The van der Waals surface area contributed by atoms with Gasteiger partial charge in [-0.3, -0.25) is 4.79 Å². The van der Waals surface area contributed by atoms with Crippen molar-refractivity contribution in [1.29, 1.82) is 0 Å². The smallest absolute Gasteiger partial charge is 0.223 e. The third-order valence-corrected chi connectivity index (χ3v) is 3.67. The summed E-state index contributed by atoms with van der Waals surface area (Å²) in [5.41, 5.74) is 0.934. The van der Waals surface area contributed by atoms with Crippen molar-refractivity contribution >= 4 is 17.5 Å². The molecule has 0 aliphatic carbocycles. The van der Waals surface area contributed by atoms with E-state index in [0.29, 0.717) is 25.7 Å². The number of nitrogens with one attached hydrogen (secondary N) is 1. The minimum atomic E-state index is -0.214. The molecule has 0 aromatic carbocycles. The molecule has 0 aromatic heterocycles. The minimum absolute atomic E-state index is 0.0772. The van der Waals surface area contributed by atoms with E-state index in [-0.39, 0.29) is 35.4 Å². The van der Waals surface area contributed by atoms with Crippen LogP contribution in [0.25, 0.3) is 0 Å². The van der Waals surface area contributed by atoms with E-state index in [9.17, 15) is 14.4 Å². The van der Waals surface area contributed by atoms with Gasteiger partial charge in [-0.2, -0.15) is 0 Å². The first kappa shape index (κ1) is 19.6. The molecule has 120 valence electrons. The molecule has 0 saturated carbocycles. The summed E-state index contributed by atoms with van der Waals surface area (Å²) in [6, 6.07) is -0.179. The van der Waals surface area contributed by atoms with E-state index < -0.39 is 0 Å². The van der Waals surface area contributed by atoms with Crippen molar-refractivity contribution in [1.82, 2.24) is 5.32 Å². The average Bonchev–Trinajstić information content (AvgIpc) is 2.39. The number of carbonyl (C=O) groups is 3. The highest BCUT2D eigenvalue weighted by Gasteiger charge is 2.21. The Bertz CT molecular complexity index is 399. The lowest BCUT2D eigenvalue weighted by molar-refractivity contribution is -0.126. The lowest BCUT2D eigenvalue weighted by atomic mass is 9.92. The minimum Gasteiger partial charge on any atom is -0.349 e. The summed E-state index contributed by atoms with van der Waals surface area (Å²) in [6.07, 6.45) is 1.97. The molecule has 0 bridgehead atoms. The zero-order valence-electron chi connectivity index (χ0n) is 14.0. The van der Waals surface area contributed by atoms with E-state index in [0.717, 1.165) is 5.57 Å². The quantitative estimate of drug-likeness (QED) is 0.630. The maximum atomic E-state index is 12.2. The topological polar surface area (TPSA) is 63.2 Å². The van der Waals surface area contributed by atoms with Crippen LogP contribution in [0.15, 0.2) is 12.2 Å². The molecule has 0 saturated heterocycles. The summed E-state index contributed by atoms with van der Waals surface area (Å²) in [5.74, 6) is 0.153. The molecule has 0 fully saturated rings. The van der Waals surface area contributed by atoms with Crippen LogP contribution in [0.1, 0.15) is 60.3 Å². The van der Waals surface area contributed by atoms with Crippen molar-refractivity contribution in [2.45, 2.75) is 66.3 Å². The molecule has 0 spiro atoms. The molecule has 0 aliphatic heterocycles. The predicted octanol–water partition coefficient (Wildman–Crippen LogP) is 3.06. The molecule has 0 radical (unpaired) electrons. The SMILES string of the molecule is C=C(C(C)C)C(CCC(C)=O)NC(=O)C(C)CCC(C)=O. The fourth-order valence-corrected chi connectivity index (χ4v) is 1.97. The monoisotopic (exact) mass is 295 g/mol. The molecule has 4 heteroatoms. The Labute approximate surface area is 128 Å². The van der Waals surface area contributed by atoms with Gasteiger partial charge in [0.05, 0.1) is 6.04 Å². The molecular weight excluding hydrogens is 266 g/mol. The lowest BCUT2D eigenvalue weighted by Crippen LogP contribution is -2.40. The Kier molecular flexibility index (Phi) is 8.83. The summed E-state index contributed by atoms with van der Waals surface area (Å²) in [5, 5.41) is 2.97. The predicted molar refractivity (Wildman–Crippen MR) is 84.9 cm³/mol. The maximum Gasteiger partial charge on any atom is 0.223 e. The number of amides is 1. The first-order valence-electron chi connectivity index (χ1n) is 7.63. The van der Waals surface area contributed by atoms with Crippen LogP contribution in [0.3, 0.4) is 0 Å². The molecule has 0 heterocycles. The Hall–Kier alpha value is -1.45. The van der Waals surface area contributed by atoms with Crippen LogP contribution >= 0.6 is 0 Å². The molecule has 4 nitrogen and oxygen atoms in total. The van der Waals surface area contributed by atoms with Crippen LogP contribution < -0.4 is 5.32 Å². The molecule has 2 atom stereocenters. The van der Waals surface area contributed by atoms with Gasteiger partial charge >= 0.3 is 0 Å². The number of ketones is 2. The average molecular weight is 295 g/mol. The number of carbonyl (C=O) groups excluding carboxylic acids is 3. The van der Waals surface area contributed by atoms with E-state index in [1.807, 2.05) is 20.8 Å². The van der Waals surface area contributed by atoms with Crippen molar-refractivity contribution in [3.63, 3.8) is 0 Å². The number of Topliss-reactive ketones (excluding diaryl/α,β-unsaturated/α-hetero) is 2. The van der Waals surface area contributed by atoms with E-state index in [1.165, 1.54) is 6.92 Å². The van der Waals surface area contributed by atoms with Crippen molar-refractivity contribution in [3.05, 3.63) is 12.2 Å². The van der Waals surface area contributed by atoms with Crippen LogP contribution in [0.4, 0.5) is 0 Å². The summed E-state index contributed by atoms with van der Waals surface area (Å²) in [4.78, 5) is 34.3. The van der Waals surface area contributed by atoms with Gasteiger partial charge in [-0.05, 0) is 32.6 Å². The fourth-order valence-electron chi connectivity index (χ4n) is 1.97. The maximum absolute atomic E-state index is 12.2. The largest absolute Gasteiger partial charge is 0.349 e. The third-order valence-electron chi connectivity index (χ3n) is 3.67. The molecular formula is C17H29NO3. The zero-order valence-corrected chi connectivity index (χ0v) is 14.0. The summed E-state index contributed by atoms with van der Waals surface area (Å²) in [6.45, 7) is 13.0. The van der Waals surface area contributed by atoms with Crippen molar-refractivity contribution < 1.29 is 14.4 Å². The van der Waals surface area contributed by atoms with Crippen LogP contribution in [0, 0.1) is 11.8 Å². The second kappa shape index (κ2) is 9.48. The summed E-state index contributed by atoms with van der Waals surface area (Å²) >= 11 is 0. The highest BCUT2D eigenvalue weighted by atomic mass is 16.2. The van der Waals surface area contributed by atoms with E-state index in [4.69, 9.17) is 0 Å². The highest BCUT2D eigenvalue weighted by molar-refractivity contribution is 5.81. The van der Waals surface area contributed by atoms with Crippen molar-refractivity contribution in [2.24, 2.45) is 11.8 Å². The Morgan fingerprint density at radius 3 is 1.86 bits per heavy atom. The second-order valence-corrected chi connectivity index (χ2v) is 6.17. The molecule has 0 aromatic rings. The first-order chi connectivity index (χ1) is 9.65. The number of hydrogen-bond donors (Lipinski definition) is 1. The normalized spacial score (nSPS) is 13.6. The van der Waals surface area contributed by atoms with Gasteiger partial charge in [0.2, 0.25) is 5.91 Å². The molecule has 1 N–H and O–H groups in total. The lowest BCUT2D eigenvalue weighted by Gasteiger charge is -2.25. The van der Waals surface area contributed by atoms with Crippen LogP contribution in [-0.4, -0.2) is 23.5 Å². The Balaban J connectivity index is 4.63. The molecule has 21 heavy (non-hydrogen) atoms. The van der Waals surface area contributed by atoms with Gasteiger partial charge in [-0.15, -0.1) is 0 Å². The summed E-state index contributed by atoms with van der Waals surface area (Å²) in [7, 11) is 0. The highest BCUT2D eigenvalue weighted by Crippen LogP contribution is 2.17.